The zero-order valence-corrected chi connectivity index (χ0v) is 22.6. The van der Waals surface area contributed by atoms with Crippen LogP contribution in [0.3, 0.4) is 0 Å². The second-order valence-electron chi connectivity index (χ2n) is 10.9. The number of amides is 1. The highest BCUT2D eigenvalue weighted by atomic mass is 32.2. The highest BCUT2D eigenvalue weighted by Gasteiger charge is 2.46. The molecule has 200 valence electrons. The molecule has 2 aromatic rings. The summed E-state index contributed by atoms with van der Waals surface area (Å²) >= 11 is 0. The second kappa shape index (κ2) is 11.9. The minimum absolute atomic E-state index is 0.0914. The van der Waals surface area contributed by atoms with E-state index in [0.717, 1.165) is 19.3 Å². The Morgan fingerprint density at radius 2 is 1.70 bits per heavy atom. The van der Waals surface area contributed by atoms with E-state index in [4.69, 9.17) is 5.73 Å². The van der Waals surface area contributed by atoms with Crippen LogP contribution in [0.4, 0.5) is 0 Å². The third kappa shape index (κ3) is 6.67. The van der Waals surface area contributed by atoms with E-state index in [2.05, 4.69) is 17.0 Å². The van der Waals surface area contributed by atoms with Crippen molar-refractivity contribution in [1.29, 1.82) is 0 Å². The number of ketones is 1. The molecule has 1 amide bonds. The molecule has 7 nitrogen and oxygen atoms in total. The maximum Gasteiger partial charge on any atom is 0.240 e. The lowest BCUT2D eigenvalue weighted by molar-refractivity contribution is -0.141. The van der Waals surface area contributed by atoms with Crippen molar-refractivity contribution in [3.63, 3.8) is 0 Å². The summed E-state index contributed by atoms with van der Waals surface area (Å²) in [4.78, 5) is 31.5. The lowest BCUT2D eigenvalue weighted by Crippen LogP contribution is -2.52. The molecule has 2 aliphatic heterocycles. The standard InChI is InChI=1S/C29H39N3O4S/c1-21(2)17-26(28(33)20-37(35,36)25-11-7-4-8-12-25)31-16-15-24(14-13-22-9-5-3-6-10-22)32-19-23(30)18-27(32)29(31)34/h3-12,21,23-24,26-27H,13-20,30H2,1-2H3/t23-,24?,26-,27+/m1/s1. The minimum atomic E-state index is -3.80. The number of rotatable bonds is 10. The molecule has 1 unspecified atom stereocenters. The molecule has 2 fully saturated rings. The largest absolute Gasteiger partial charge is 0.331 e. The van der Waals surface area contributed by atoms with Crippen LogP contribution in [0, 0.1) is 5.92 Å². The molecule has 0 aliphatic carbocycles. The number of benzene rings is 2. The normalized spacial score (nSPS) is 23.6. The Hall–Kier alpha value is -2.55. The maximum absolute atomic E-state index is 13.9. The Morgan fingerprint density at radius 3 is 2.35 bits per heavy atom. The molecule has 2 heterocycles. The Bertz CT molecular complexity index is 1170. The van der Waals surface area contributed by atoms with Gasteiger partial charge < -0.3 is 10.6 Å². The summed E-state index contributed by atoms with van der Waals surface area (Å²) in [6, 6.07) is 17.3. The molecule has 2 N–H and O–H groups in total. The Balaban J connectivity index is 1.56. The van der Waals surface area contributed by atoms with Gasteiger partial charge in [0.2, 0.25) is 5.91 Å². The minimum Gasteiger partial charge on any atom is -0.331 e. The smallest absolute Gasteiger partial charge is 0.240 e. The number of nitrogens with two attached hydrogens (primary N) is 1. The van der Waals surface area contributed by atoms with Gasteiger partial charge in [-0.1, -0.05) is 62.4 Å². The van der Waals surface area contributed by atoms with Crippen molar-refractivity contribution < 1.29 is 18.0 Å². The molecule has 0 aromatic heterocycles. The van der Waals surface area contributed by atoms with Crippen LogP contribution in [0.25, 0.3) is 0 Å². The number of Topliss-reactive ketones (excluding diaryl/α,β-unsaturated/α-hetero) is 1. The van der Waals surface area contributed by atoms with Crippen molar-refractivity contribution >= 4 is 21.5 Å². The molecule has 2 aromatic carbocycles. The fourth-order valence-electron chi connectivity index (χ4n) is 5.77. The second-order valence-corrected chi connectivity index (χ2v) is 12.9. The zero-order chi connectivity index (χ0) is 26.6. The van der Waals surface area contributed by atoms with E-state index in [0.29, 0.717) is 25.9 Å². The average molecular weight is 526 g/mol. The van der Waals surface area contributed by atoms with Gasteiger partial charge in [-0.3, -0.25) is 14.5 Å². The summed E-state index contributed by atoms with van der Waals surface area (Å²) in [5.41, 5.74) is 7.59. The number of hydrogen-bond acceptors (Lipinski definition) is 6. The van der Waals surface area contributed by atoms with Crippen molar-refractivity contribution in [3.05, 3.63) is 66.2 Å². The van der Waals surface area contributed by atoms with Crippen LogP contribution in [0.15, 0.2) is 65.6 Å². The molecule has 0 spiro atoms. The van der Waals surface area contributed by atoms with Crippen molar-refractivity contribution in [2.75, 3.05) is 18.8 Å². The maximum atomic E-state index is 13.9. The monoisotopic (exact) mass is 525 g/mol. The summed E-state index contributed by atoms with van der Waals surface area (Å²) in [7, 11) is -3.80. The van der Waals surface area contributed by atoms with Gasteiger partial charge in [-0.25, -0.2) is 8.42 Å². The third-order valence-corrected chi connectivity index (χ3v) is 9.25. The van der Waals surface area contributed by atoms with E-state index >= 15 is 0 Å². The number of fused-ring (bicyclic) bond motifs is 1. The predicted octanol–water partition coefficient (Wildman–Crippen LogP) is 3.08. The molecule has 8 heteroatoms. The first-order valence-electron chi connectivity index (χ1n) is 13.3. The van der Waals surface area contributed by atoms with Crippen LogP contribution in [0.2, 0.25) is 0 Å². The van der Waals surface area contributed by atoms with Gasteiger partial charge in [0.1, 0.15) is 5.75 Å². The first-order chi connectivity index (χ1) is 17.7. The van der Waals surface area contributed by atoms with E-state index < -0.39 is 27.4 Å². The molecule has 2 aliphatic rings. The van der Waals surface area contributed by atoms with Crippen LogP contribution >= 0.6 is 0 Å². The molecular formula is C29H39N3O4S. The fourth-order valence-corrected chi connectivity index (χ4v) is 7.07. The molecular weight excluding hydrogens is 486 g/mol. The Kier molecular flexibility index (Phi) is 8.82. The number of sulfone groups is 1. The van der Waals surface area contributed by atoms with Gasteiger partial charge in [0.05, 0.1) is 17.0 Å². The molecule has 0 saturated carbocycles. The first-order valence-corrected chi connectivity index (χ1v) is 15.0. The third-order valence-electron chi connectivity index (χ3n) is 7.60. The highest BCUT2D eigenvalue weighted by Crippen LogP contribution is 2.31. The van der Waals surface area contributed by atoms with Gasteiger partial charge in [0.15, 0.2) is 15.6 Å². The number of aryl methyl sites for hydroxylation is 1. The molecule has 0 bridgehead atoms. The predicted molar refractivity (Wildman–Crippen MR) is 145 cm³/mol. The highest BCUT2D eigenvalue weighted by molar-refractivity contribution is 7.92. The van der Waals surface area contributed by atoms with E-state index in [1.165, 1.54) is 17.7 Å². The van der Waals surface area contributed by atoms with Gasteiger partial charge in [0.25, 0.3) is 0 Å². The van der Waals surface area contributed by atoms with E-state index in [1.54, 1.807) is 23.1 Å². The number of nitrogens with zero attached hydrogens (tertiary/aromatic N) is 2. The van der Waals surface area contributed by atoms with E-state index in [9.17, 15) is 18.0 Å². The molecule has 4 atom stereocenters. The summed E-state index contributed by atoms with van der Waals surface area (Å²) in [6.07, 6.45) is 3.53. The molecule has 0 radical (unpaired) electrons. The summed E-state index contributed by atoms with van der Waals surface area (Å²) < 4.78 is 26.0. The molecule has 4 rings (SSSR count). The number of carbonyl (C=O) groups is 2. The molecule has 2 saturated heterocycles. The van der Waals surface area contributed by atoms with Crippen LogP contribution < -0.4 is 5.73 Å². The van der Waals surface area contributed by atoms with Crippen molar-refractivity contribution in [3.8, 4) is 0 Å². The fraction of sp³-hybridized carbons (Fsp3) is 0.517. The van der Waals surface area contributed by atoms with Crippen LogP contribution in [-0.4, -0.2) is 72.9 Å². The Labute approximate surface area is 220 Å². The van der Waals surface area contributed by atoms with Gasteiger partial charge in [-0.15, -0.1) is 0 Å². The van der Waals surface area contributed by atoms with Gasteiger partial charge in [0, 0.05) is 25.2 Å². The van der Waals surface area contributed by atoms with Crippen LogP contribution in [0.1, 0.15) is 45.1 Å². The van der Waals surface area contributed by atoms with E-state index in [1.807, 2.05) is 32.0 Å². The lowest BCUT2D eigenvalue weighted by Gasteiger charge is -2.33. The average Bonchev–Trinajstić information content (AvgIpc) is 3.21. The van der Waals surface area contributed by atoms with Gasteiger partial charge >= 0.3 is 0 Å². The van der Waals surface area contributed by atoms with Gasteiger partial charge in [-0.2, -0.15) is 0 Å². The van der Waals surface area contributed by atoms with Crippen molar-refractivity contribution in [2.24, 2.45) is 11.7 Å². The van der Waals surface area contributed by atoms with E-state index in [-0.39, 0.29) is 34.8 Å². The first kappa shape index (κ1) is 27.5. The topological polar surface area (TPSA) is 101 Å². The van der Waals surface area contributed by atoms with Crippen LogP contribution in [-0.2, 0) is 25.8 Å². The van der Waals surface area contributed by atoms with Crippen molar-refractivity contribution in [1.82, 2.24) is 9.80 Å². The Morgan fingerprint density at radius 1 is 1.05 bits per heavy atom. The number of carbonyl (C=O) groups excluding carboxylic acids is 2. The summed E-state index contributed by atoms with van der Waals surface area (Å²) in [6.45, 7) is 5.09. The van der Waals surface area contributed by atoms with Crippen LogP contribution in [0.5, 0.6) is 0 Å². The molecule has 37 heavy (non-hydrogen) atoms. The zero-order valence-electron chi connectivity index (χ0n) is 21.8. The quantitative estimate of drug-likeness (QED) is 0.512. The van der Waals surface area contributed by atoms with Gasteiger partial charge in [-0.05, 0) is 55.7 Å². The lowest BCUT2D eigenvalue weighted by atomic mass is 9.98. The van der Waals surface area contributed by atoms with Crippen molar-refractivity contribution in [2.45, 2.75) is 75.0 Å². The SMILES string of the molecule is CC(C)C[C@H](C(=O)CS(=O)(=O)c1ccccc1)N1CCC(CCc2ccccc2)N2C[C@H](N)C[C@H]2C1=O. The number of hydrogen-bond donors (Lipinski definition) is 1. The summed E-state index contributed by atoms with van der Waals surface area (Å²) in [5.74, 6) is -0.988. The summed E-state index contributed by atoms with van der Waals surface area (Å²) in [5, 5.41) is 0.